The first kappa shape index (κ1) is 15.6. The molecule has 21 heavy (non-hydrogen) atoms. The number of sulfone groups is 1. The van der Waals surface area contributed by atoms with Crippen LogP contribution >= 0.6 is 0 Å². The van der Waals surface area contributed by atoms with Gasteiger partial charge in [0.05, 0.1) is 4.90 Å². The molecule has 9 heteroatoms. The molecule has 1 atom stereocenters. The Morgan fingerprint density at radius 2 is 1.95 bits per heavy atom. The zero-order valence-electron chi connectivity index (χ0n) is 10.9. The molecule has 0 bridgehead atoms. The van der Waals surface area contributed by atoms with E-state index in [2.05, 4.69) is 5.32 Å². The number of carboxylic acids is 1. The predicted octanol–water partition coefficient (Wildman–Crippen LogP) is 0.546. The highest BCUT2D eigenvalue weighted by Crippen LogP contribution is 2.24. The van der Waals surface area contributed by atoms with E-state index in [-0.39, 0.29) is 6.54 Å². The molecule has 1 aliphatic heterocycles. The Morgan fingerprint density at radius 1 is 1.33 bits per heavy atom. The van der Waals surface area contributed by atoms with E-state index in [1.165, 1.54) is 12.1 Å². The molecule has 2 rings (SSSR count). The number of hydrogen-bond donors (Lipinski definition) is 2. The van der Waals surface area contributed by atoms with E-state index in [9.17, 15) is 22.0 Å². The molecule has 0 aliphatic carbocycles. The minimum absolute atomic E-state index is 0.256. The quantitative estimate of drug-likeness (QED) is 0.842. The lowest BCUT2D eigenvalue weighted by Crippen LogP contribution is -2.55. The lowest BCUT2D eigenvalue weighted by Gasteiger charge is -2.35. The van der Waals surface area contributed by atoms with Crippen LogP contribution in [-0.2, 0) is 14.6 Å². The standard InChI is InChI=1S/C12H14F2N2O4S/c13-12(14)21(19,20)9-3-1-8(2-4-9)16-6-5-15-7-10(16)11(17)18/h1-4,10,12,15H,5-7H2,(H,17,18). The zero-order valence-corrected chi connectivity index (χ0v) is 11.7. The summed E-state index contributed by atoms with van der Waals surface area (Å²) in [4.78, 5) is 12.3. The van der Waals surface area contributed by atoms with Crippen molar-refractivity contribution < 1.29 is 27.1 Å². The highest BCUT2D eigenvalue weighted by atomic mass is 32.2. The lowest BCUT2D eigenvalue weighted by atomic mass is 10.1. The average Bonchev–Trinajstić information content (AvgIpc) is 2.47. The summed E-state index contributed by atoms with van der Waals surface area (Å²) < 4.78 is 47.5. The highest BCUT2D eigenvalue weighted by molar-refractivity contribution is 7.91. The van der Waals surface area contributed by atoms with Gasteiger partial charge in [0, 0.05) is 25.3 Å². The van der Waals surface area contributed by atoms with Crippen LogP contribution in [-0.4, -0.2) is 50.9 Å². The van der Waals surface area contributed by atoms with Gasteiger partial charge >= 0.3 is 11.7 Å². The molecule has 0 radical (unpaired) electrons. The summed E-state index contributed by atoms with van der Waals surface area (Å²) in [5.74, 6) is -4.49. The minimum atomic E-state index is -4.63. The van der Waals surface area contributed by atoms with Gasteiger partial charge in [-0.25, -0.2) is 13.2 Å². The fraction of sp³-hybridized carbons (Fsp3) is 0.417. The Balaban J connectivity index is 2.28. The largest absolute Gasteiger partial charge is 0.480 e. The fourth-order valence-electron chi connectivity index (χ4n) is 2.16. The monoisotopic (exact) mass is 320 g/mol. The molecule has 6 nitrogen and oxygen atoms in total. The second-order valence-corrected chi connectivity index (χ2v) is 6.47. The molecule has 1 saturated heterocycles. The predicted molar refractivity (Wildman–Crippen MR) is 71.3 cm³/mol. The van der Waals surface area contributed by atoms with Crippen molar-refractivity contribution in [2.45, 2.75) is 16.7 Å². The number of rotatable bonds is 4. The van der Waals surface area contributed by atoms with Gasteiger partial charge < -0.3 is 15.3 Å². The second-order valence-electron chi connectivity index (χ2n) is 4.55. The summed E-state index contributed by atoms with van der Waals surface area (Å²) in [6, 6.07) is 4.04. The van der Waals surface area contributed by atoms with Crippen LogP contribution in [0.15, 0.2) is 29.2 Å². The van der Waals surface area contributed by atoms with Crippen LogP contribution in [0.3, 0.4) is 0 Å². The number of aliphatic carboxylic acids is 1. The summed E-state index contributed by atoms with van der Waals surface area (Å²) in [5, 5.41) is 12.1. The van der Waals surface area contributed by atoms with Gasteiger partial charge in [-0.3, -0.25) is 0 Å². The summed E-state index contributed by atoms with van der Waals surface area (Å²) >= 11 is 0. The average molecular weight is 320 g/mol. The topological polar surface area (TPSA) is 86.7 Å². The van der Waals surface area contributed by atoms with E-state index < -0.39 is 32.5 Å². The van der Waals surface area contributed by atoms with Crippen molar-refractivity contribution in [3.8, 4) is 0 Å². The first-order chi connectivity index (χ1) is 9.84. The molecule has 116 valence electrons. The number of halogens is 2. The molecular weight excluding hydrogens is 306 g/mol. The van der Waals surface area contributed by atoms with Crippen molar-refractivity contribution in [1.29, 1.82) is 0 Å². The third kappa shape index (κ3) is 3.13. The van der Waals surface area contributed by atoms with Crippen molar-refractivity contribution in [2.75, 3.05) is 24.5 Å². The van der Waals surface area contributed by atoms with E-state index >= 15 is 0 Å². The zero-order chi connectivity index (χ0) is 15.6. The van der Waals surface area contributed by atoms with Crippen LogP contribution in [0, 0.1) is 0 Å². The number of anilines is 1. The highest BCUT2D eigenvalue weighted by Gasteiger charge is 2.30. The van der Waals surface area contributed by atoms with Crippen LogP contribution in [0.1, 0.15) is 0 Å². The molecule has 1 heterocycles. The number of benzene rings is 1. The van der Waals surface area contributed by atoms with Gasteiger partial charge in [0.2, 0.25) is 9.84 Å². The molecule has 1 aromatic rings. The number of nitrogens with zero attached hydrogens (tertiary/aromatic N) is 1. The number of piperazine rings is 1. The third-order valence-electron chi connectivity index (χ3n) is 3.26. The van der Waals surface area contributed by atoms with E-state index in [4.69, 9.17) is 5.11 Å². The Morgan fingerprint density at radius 3 is 2.48 bits per heavy atom. The number of alkyl halides is 2. The molecule has 1 aliphatic rings. The van der Waals surface area contributed by atoms with Crippen molar-refractivity contribution in [2.24, 2.45) is 0 Å². The molecule has 1 aromatic carbocycles. The first-order valence-corrected chi connectivity index (χ1v) is 7.71. The van der Waals surface area contributed by atoms with Gasteiger partial charge in [0.1, 0.15) is 6.04 Å². The van der Waals surface area contributed by atoms with Gasteiger partial charge in [0.25, 0.3) is 0 Å². The van der Waals surface area contributed by atoms with E-state index in [1.54, 1.807) is 4.90 Å². The van der Waals surface area contributed by atoms with Gasteiger partial charge in [-0.1, -0.05) is 0 Å². The Kier molecular flexibility index (Phi) is 4.43. The Bertz CT molecular complexity index is 619. The molecule has 0 aromatic heterocycles. The van der Waals surface area contributed by atoms with Crippen LogP contribution in [0.4, 0.5) is 14.5 Å². The van der Waals surface area contributed by atoms with Crippen molar-refractivity contribution in [1.82, 2.24) is 5.32 Å². The molecular formula is C12H14F2N2O4S. The Labute approximate surface area is 120 Å². The molecule has 0 spiro atoms. The van der Waals surface area contributed by atoms with Crippen molar-refractivity contribution >= 4 is 21.5 Å². The van der Waals surface area contributed by atoms with Crippen molar-refractivity contribution in [3.63, 3.8) is 0 Å². The Hall–Kier alpha value is -1.74. The SMILES string of the molecule is O=C(O)C1CNCCN1c1ccc(S(=O)(=O)C(F)F)cc1. The van der Waals surface area contributed by atoms with E-state index in [1.807, 2.05) is 0 Å². The second kappa shape index (κ2) is 5.94. The summed E-state index contributed by atoms with van der Waals surface area (Å²) in [6.07, 6.45) is 0. The maximum absolute atomic E-state index is 12.4. The normalized spacial score (nSPS) is 19.8. The number of carbonyl (C=O) groups is 1. The molecule has 0 amide bonds. The van der Waals surface area contributed by atoms with Crippen LogP contribution in [0.25, 0.3) is 0 Å². The maximum atomic E-state index is 12.4. The maximum Gasteiger partial charge on any atom is 0.341 e. The third-order valence-corrected chi connectivity index (χ3v) is 4.66. The van der Waals surface area contributed by atoms with E-state index in [0.29, 0.717) is 18.8 Å². The van der Waals surface area contributed by atoms with Gasteiger partial charge in [-0.05, 0) is 24.3 Å². The van der Waals surface area contributed by atoms with Crippen molar-refractivity contribution in [3.05, 3.63) is 24.3 Å². The number of nitrogens with one attached hydrogen (secondary N) is 1. The smallest absolute Gasteiger partial charge is 0.341 e. The molecule has 0 saturated carbocycles. The number of carboxylic acid groups (broad SMARTS) is 1. The summed E-state index contributed by atoms with van der Waals surface area (Å²) in [6.45, 7) is 1.27. The molecule has 1 fully saturated rings. The molecule has 2 N–H and O–H groups in total. The lowest BCUT2D eigenvalue weighted by molar-refractivity contribution is -0.138. The van der Waals surface area contributed by atoms with Gasteiger partial charge in [-0.15, -0.1) is 0 Å². The van der Waals surface area contributed by atoms with Gasteiger partial charge in [-0.2, -0.15) is 8.78 Å². The van der Waals surface area contributed by atoms with Crippen LogP contribution in [0.5, 0.6) is 0 Å². The fourth-order valence-corrected chi connectivity index (χ4v) is 2.89. The molecule has 1 unspecified atom stereocenters. The van der Waals surface area contributed by atoms with E-state index in [0.717, 1.165) is 12.1 Å². The summed E-state index contributed by atoms with van der Waals surface area (Å²) in [7, 11) is -4.63. The van der Waals surface area contributed by atoms with Gasteiger partial charge in [0.15, 0.2) is 0 Å². The van der Waals surface area contributed by atoms with Crippen LogP contribution < -0.4 is 10.2 Å². The first-order valence-electron chi connectivity index (χ1n) is 6.16. The number of hydrogen-bond acceptors (Lipinski definition) is 5. The van der Waals surface area contributed by atoms with Crippen LogP contribution in [0.2, 0.25) is 0 Å². The summed E-state index contributed by atoms with van der Waals surface area (Å²) in [5.41, 5.74) is 0.483. The minimum Gasteiger partial charge on any atom is -0.480 e.